The maximum Gasteiger partial charge on any atom is 0.252 e. The fourth-order valence-electron chi connectivity index (χ4n) is 1.18. The van der Waals surface area contributed by atoms with Gasteiger partial charge in [0.25, 0.3) is 5.91 Å². The Bertz CT molecular complexity index is 437. The van der Waals surface area contributed by atoms with Crippen molar-refractivity contribution in [3.05, 3.63) is 33.3 Å². The molecule has 1 aromatic rings. The molecule has 0 aromatic heterocycles. The highest BCUT2D eigenvalue weighted by molar-refractivity contribution is 9.10. The van der Waals surface area contributed by atoms with E-state index in [0.29, 0.717) is 23.7 Å². The highest BCUT2D eigenvalue weighted by Crippen LogP contribution is 2.20. The highest BCUT2D eigenvalue weighted by atomic mass is 79.9. The topological polar surface area (TPSA) is 58.2 Å². The van der Waals surface area contributed by atoms with E-state index in [0.717, 1.165) is 4.47 Å². The molecule has 2 N–H and O–H groups in total. The molecule has 0 aliphatic carbocycles. The van der Waals surface area contributed by atoms with Crippen molar-refractivity contribution in [2.24, 2.45) is 0 Å². The zero-order chi connectivity index (χ0) is 12.8. The Balaban J connectivity index is 2.52. The maximum atomic E-state index is 11.7. The second-order valence-electron chi connectivity index (χ2n) is 3.36. The largest absolute Gasteiger partial charge is 0.355 e. The molecular formula is C11H12BrClN2O2. The summed E-state index contributed by atoms with van der Waals surface area (Å²) < 4.78 is 0.786. The number of halogens is 2. The van der Waals surface area contributed by atoms with Gasteiger partial charge in [0.15, 0.2) is 0 Å². The van der Waals surface area contributed by atoms with Crippen LogP contribution in [0, 0.1) is 0 Å². The van der Waals surface area contributed by atoms with Gasteiger partial charge >= 0.3 is 0 Å². The molecule has 0 saturated carbocycles. The van der Waals surface area contributed by atoms with Crippen LogP contribution in [0.5, 0.6) is 0 Å². The van der Waals surface area contributed by atoms with Crippen molar-refractivity contribution in [1.29, 1.82) is 0 Å². The molecule has 1 rings (SSSR count). The Morgan fingerprint density at radius 1 is 1.29 bits per heavy atom. The van der Waals surface area contributed by atoms with Gasteiger partial charge < -0.3 is 10.6 Å². The molecule has 0 saturated heterocycles. The Morgan fingerprint density at radius 2 is 1.94 bits per heavy atom. The van der Waals surface area contributed by atoms with Crippen LogP contribution in [-0.2, 0) is 4.79 Å². The van der Waals surface area contributed by atoms with Gasteiger partial charge in [-0.1, -0.05) is 27.5 Å². The third-order valence-corrected chi connectivity index (χ3v) is 2.78. The lowest BCUT2D eigenvalue weighted by molar-refractivity contribution is -0.118. The van der Waals surface area contributed by atoms with E-state index in [1.165, 1.54) is 6.92 Å². The van der Waals surface area contributed by atoms with E-state index in [1.807, 2.05) is 0 Å². The summed E-state index contributed by atoms with van der Waals surface area (Å²) in [6.45, 7) is 2.18. The van der Waals surface area contributed by atoms with E-state index >= 15 is 0 Å². The number of nitrogens with one attached hydrogen (secondary N) is 2. The van der Waals surface area contributed by atoms with Crippen LogP contribution < -0.4 is 10.6 Å². The molecule has 0 heterocycles. The summed E-state index contributed by atoms with van der Waals surface area (Å²) in [5.74, 6) is -0.388. The van der Waals surface area contributed by atoms with Gasteiger partial charge in [0, 0.05) is 24.5 Å². The average Bonchev–Trinajstić information content (AvgIpc) is 2.27. The lowest BCUT2D eigenvalue weighted by atomic mass is 10.2. The fourth-order valence-corrected chi connectivity index (χ4v) is 1.75. The molecule has 0 aliphatic heterocycles. The van der Waals surface area contributed by atoms with Crippen LogP contribution in [0.4, 0.5) is 0 Å². The maximum absolute atomic E-state index is 11.7. The van der Waals surface area contributed by atoms with Gasteiger partial charge in [-0.15, -0.1) is 0 Å². The van der Waals surface area contributed by atoms with Gasteiger partial charge in [0.1, 0.15) is 0 Å². The van der Waals surface area contributed by atoms with E-state index in [2.05, 4.69) is 26.6 Å². The first-order chi connectivity index (χ1) is 8.00. The zero-order valence-electron chi connectivity index (χ0n) is 9.22. The fraction of sp³-hybridized carbons (Fsp3) is 0.273. The molecule has 6 heteroatoms. The third kappa shape index (κ3) is 4.75. The van der Waals surface area contributed by atoms with Crippen LogP contribution in [0.1, 0.15) is 17.3 Å². The summed E-state index contributed by atoms with van der Waals surface area (Å²) in [6.07, 6.45) is 0. The molecule has 0 radical (unpaired) electrons. The predicted octanol–water partition coefficient (Wildman–Crippen LogP) is 1.97. The Hall–Kier alpha value is -1.07. The van der Waals surface area contributed by atoms with Gasteiger partial charge in [-0.2, -0.15) is 0 Å². The summed E-state index contributed by atoms with van der Waals surface area (Å²) in [5.41, 5.74) is 0.406. The highest BCUT2D eigenvalue weighted by Gasteiger charge is 2.09. The molecule has 0 spiro atoms. The first kappa shape index (κ1) is 14.0. The number of amides is 2. The predicted molar refractivity (Wildman–Crippen MR) is 70.2 cm³/mol. The number of carbonyl (C=O) groups is 2. The van der Waals surface area contributed by atoms with Gasteiger partial charge in [0.2, 0.25) is 5.91 Å². The van der Waals surface area contributed by atoms with Gasteiger partial charge in [-0.25, -0.2) is 0 Å². The monoisotopic (exact) mass is 318 g/mol. The minimum Gasteiger partial charge on any atom is -0.355 e. The van der Waals surface area contributed by atoms with E-state index in [9.17, 15) is 9.59 Å². The number of benzene rings is 1. The first-order valence-corrected chi connectivity index (χ1v) is 6.15. The van der Waals surface area contributed by atoms with Crippen molar-refractivity contribution in [2.45, 2.75) is 6.92 Å². The van der Waals surface area contributed by atoms with Crippen molar-refractivity contribution in [3.63, 3.8) is 0 Å². The smallest absolute Gasteiger partial charge is 0.252 e. The SMILES string of the molecule is CC(=O)NCCNC(=O)c1cc(Br)ccc1Cl. The zero-order valence-corrected chi connectivity index (χ0v) is 11.6. The lowest BCUT2D eigenvalue weighted by Gasteiger charge is -2.07. The number of rotatable bonds is 4. The lowest BCUT2D eigenvalue weighted by Crippen LogP contribution is -2.33. The van der Waals surface area contributed by atoms with Crippen LogP contribution in [-0.4, -0.2) is 24.9 Å². The normalized spacial score (nSPS) is 9.82. The molecule has 92 valence electrons. The molecule has 0 aliphatic rings. The summed E-state index contributed by atoms with van der Waals surface area (Å²) in [6, 6.07) is 5.06. The molecule has 0 fully saturated rings. The summed E-state index contributed by atoms with van der Waals surface area (Å²) in [5, 5.41) is 5.64. The van der Waals surface area contributed by atoms with Crippen molar-refractivity contribution in [3.8, 4) is 0 Å². The molecule has 0 atom stereocenters. The molecule has 0 bridgehead atoms. The van der Waals surface area contributed by atoms with Gasteiger partial charge in [-0.05, 0) is 18.2 Å². The Kier molecular flexibility index (Phi) is 5.44. The molecular weight excluding hydrogens is 307 g/mol. The minimum atomic E-state index is -0.262. The Morgan fingerprint density at radius 3 is 2.59 bits per heavy atom. The number of hydrogen-bond donors (Lipinski definition) is 2. The number of hydrogen-bond acceptors (Lipinski definition) is 2. The summed E-state index contributed by atoms with van der Waals surface area (Å²) >= 11 is 9.17. The van der Waals surface area contributed by atoms with E-state index in [-0.39, 0.29) is 11.8 Å². The number of carbonyl (C=O) groups excluding carboxylic acids is 2. The molecule has 17 heavy (non-hydrogen) atoms. The summed E-state index contributed by atoms with van der Waals surface area (Å²) in [7, 11) is 0. The average molecular weight is 320 g/mol. The van der Waals surface area contributed by atoms with Crippen LogP contribution in [0.25, 0.3) is 0 Å². The van der Waals surface area contributed by atoms with Crippen LogP contribution in [0.2, 0.25) is 5.02 Å². The third-order valence-electron chi connectivity index (χ3n) is 1.96. The van der Waals surface area contributed by atoms with Crippen LogP contribution in [0.3, 0.4) is 0 Å². The van der Waals surface area contributed by atoms with Crippen molar-refractivity contribution in [1.82, 2.24) is 10.6 Å². The molecule has 1 aromatic carbocycles. The quantitative estimate of drug-likeness (QED) is 0.834. The van der Waals surface area contributed by atoms with Crippen molar-refractivity contribution < 1.29 is 9.59 Å². The molecule has 4 nitrogen and oxygen atoms in total. The second kappa shape index (κ2) is 6.61. The summed E-state index contributed by atoms with van der Waals surface area (Å²) in [4.78, 5) is 22.3. The van der Waals surface area contributed by atoms with Crippen LogP contribution >= 0.6 is 27.5 Å². The van der Waals surface area contributed by atoms with E-state index in [4.69, 9.17) is 11.6 Å². The Labute approximate surface area is 113 Å². The van der Waals surface area contributed by atoms with E-state index < -0.39 is 0 Å². The second-order valence-corrected chi connectivity index (χ2v) is 4.69. The van der Waals surface area contributed by atoms with Crippen molar-refractivity contribution in [2.75, 3.05) is 13.1 Å². The van der Waals surface area contributed by atoms with Crippen LogP contribution in [0.15, 0.2) is 22.7 Å². The molecule has 0 unspecified atom stereocenters. The van der Waals surface area contributed by atoms with Gasteiger partial charge in [-0.3, -0.25) is 9.59 Å². The first-order valence-electron chi connectivity index (χ1n) is 4.98. The standard InChI is InChI=1S/C11H12BrClN2O2/c1-7(16)14-4-5-15-11(17)9-6-8(12)2-3-10(9)13/h2-3,6H,4-5H2,1H3,(H,14,16)(H,15,17). The van der Waals surface area contributed by atoms with Crippen molar-refractivity contribution >= 4 is 39.3 Å². The van der Waals surface area contributed by atoms with E-state index in [1.54, 1.807) is 18.2 Å². The molecule has 2 amide bonds. The van der Waals surface area contributed by atoms with Gasteiger partial charge in [0.05, 0.1) is 10.6 Å². The minimum absolute atomic E-state index is 0.125.